The van der Waals surface area contributed by atoms with Gasteiger partial charge in [-0.2, -0.15) is 0 Å². The van der Waals surface area contributed by atoms with Gasteiger partial charge in [0, 0.05) is 25.0 Å². The monoisotopic (exact) mass is 249 g/mol. The molecule has 2 aromatic heterocycles. The summed E-state index contributed by atoms with van der Waals surface area (Å²) in [7, 11) is 1.60. The van der Waals surface area contributed by atoms with E-state index in [1.807, 2.05) is 12.1 Å². The molecule has 0 aliphatic heterocycles. The SMILES string of the molecule is CNC(=O)CSc1n[nH]c(-c2cccnc2)n1. The third-order valence-corrected chi connectivity index (χ3v) is 2.86. The minimum absolute atomic E-state index is 0.0530. The summed E-state index contributed by atoms with van der Waals surface area (Å²) in [4.78, 5) is 19.3. The van der Waals surface area contributed by atoms with Gasteiger partial charge < -0.3 is 5.32 Å². The van der Waals surface area contributed by atoms with Gasteiger partial charge in [0.05, 0.1) is 5.75 Å². The molecule has 2 aromatic rings. The quantitative estimate of drug-likeness (QED) is 0.779. The number of amides is 1. The second-order valence-electron chi connectivity index (χ2n) is 3.17. The van der Waals surface area contributed by atoms with Gasteiger partial charge in [-0.3, -0.25) is 14.9 Å². The summed E-state index contributed by atoms with van der Waals surface area (Å²) < 4.78 is 0. The molecule has 0 spiro atoms. The molecule has 0 radical (unpaired) electrons. The average Bonchev–Trinajstić information content (AvgIpc) is 2.86. The summed E-state index contributed by atoms with van der Waals surface area (Å²) in [5.74, 6) is 0.904. The van der Waals surface area contributed by atoms with E-state index < -0.39 is 0 Å². The summed E-state index contributed by atoms with van der Waals surface area (Å²) in [6, 6.07) is 3.72. The molecule has 2 N–H and O–H groups in total. The number of H-pyrrole nitrogens is 1. The molecule has 0 bridgehead atoms. The fourth-order valence-electron chi connectivity index (χ4n) is 1.15. The van der Waals surface area contributed by atoms with Gasteiger partial charge in [-0.05, 0) is 12.1 Å². The van der Waals surface area contributed by atoms with Gasteiger partial charge in [0.25, 0.3) is 0 Å². The largest absolute Gasteiger partial charge is 0.358 e. The zero-order valence-electron chi connectivity index (χ0n) is 9.17. The molecule has 0 fully saturated rings. The van der Waals surface area contributed by atoms with Gasteiger partial charge in [-0.25, -0.2) is 4.98 Å². The first-order chi connectivity index (χ1) is 8.29. The summed E-state index contributed by atoms with van der Waals surface area (Å²) in [5, 5.41) is 9.91. The van der Waals surface area contributed by atoms with Crippen LogP contribution in [0, 0.1) is 0 Å². The number of hydrogen-bond acceptors (Lipinski definition) is 5. The van der Waals surface area contributed by atoms with E-state index in [-0.39, 0.29) is 5.91 Å². The van der Waals surface area contributed by atoms with Gasteiger partial charge in [-0.1, -0.05) is 11.8 Å². The molecule has 2 rings (SSSR count). The van der Waals surface area contributed by atoms with E-state index in [1.54, 1.807) is 19.4 Å². The van der Waals surface area contributed by atoms with Crippen molar-refractivity contribution in [3.8, 4) is 11.4 Å². The van der Waals surface area contributed by atoms with Crippen LogP contribution in [0.3, 0.4) is 0 Å². The van der Waals surface area contributed by atoms with Crippen LogP contribution in [-0.4, -0.2) is 38.9 Å². The van der Waals surface area contributed by atoms with E-state index in [0.717, 1.165) is 5.56 Å². The molecule has 7 heteroatoms. The molecule has 0 atom stereocenters. The molecule has 0 aliphatic carbocycles. The Labute approximate surface area is 102 Å². The Kier molecular flexibility index (Phi) is 3.71. The predicted octanol–water partition coefficient (Wildman–Crippen LogP) is 0.705. The van der Waals surface area contributed by atoms with Crippen LogP contribution in [-0.2, 0) is 4.79 Å². The smallest absolute Gasteiger partial charge is 0.230 e. The molecule has 2 heterocycles. The number of carbonyl (C=O) groups excluding carboxylic acids is 1. The molecule has 6 nitrogen and oxygen atoms in total. The molecule has 0 saturated heterocycles. The van der Waals surface area contributed by atoms with Crippen LogP contribution in [0.1, 0.15) is 0 Å². The van der Waals surface area contributed by atoms with Crippen molar-refractivity contribution in [2.45, 2.75) is 5.16 Å². The van der Waals surface area contributed by atoms with Crippen molar-refractivity contribution in [3.63, 3.8) is 0 Å². The maximum Gasteiger partial charge on any atom is 0.230 e. The summed E-state index contributed by atoms with van der Waals surface area (Å²) in [6.45, 7) is 0. The summed E-state index contributed by atoms with van der Waals surface area (Å²) in [5.41, 5.74) is 0.867. The molecule has 0 unspecified atom stereocenters. The van der Waals surface area contributed by atoms with E-state index in [0.29, 0.717) is 16.7 Å². The van der Waals surface area contributed by atoms with Gasteiger partial charge in [-0.15, -0.1) is 5.10 Å². The molecule has 88 valence electrons. The predicted molar refractivity (Wildman–Crippen MR) is 64.4 cm³/mol. The van der Waals surface area contributed by atoms with Gasteiger partial charge >= 0.3 is 0 Å². The minimum atomic E-state index is -0.0530. The number of aromatic nitrogens is 4. The zero-order chi connectivity index (χ0) is 12.1. The molecular weight excluding hydrogens is 238 g/mol. The molecule has 0 saturated carbocycles. The second kappa shape index (κ2) is 5.44. The lowest BCUT2D eigenvalue weighted by Gasteiger charge is -1.95. The van der Waals surface area contributed by atoms with Gasteiger partial charge in [0.2, 0.25) is 11.1 Å². The fourth-order valence-corrected chi connectivity index (χ4v) is 1.82. The Morgan fingerprint density at radius 2 is 2.47 bits per heavy atom. The lowest BCUT2D eigenvalue weighted by atomic mass is 10.3. The van der Waals surface area contributed by atoms with Gasteiger partial charge in [0.15, 0.2) is 5.82 Å². The number of aromatic amines is 1. The van der Waals surface area contributed by atoms with Crippen LogP contribution >= 0.6 is 11.8 Å². The van der Waals surface area contributed by atoms with Crippen LogP contribution < -0.4 is 5.32 Å². The number of thioether (sulfide) groups is 1. The van der Waals surface area contributed by atoms with Crippen molar-refractivity contribution in [1.82, 2.24) is 25.5 Å². The zero-order valence-corrected chi connectivity index (χ0v) is 9.99. The fraction of sp³-hybridized carbons (Fsp3) is 0.200. The number of carbonyl (C=O) groups is 1. The Morgan fingerprint density at radius 3 is 3.18 bits per heavy atom. The maximum absolute atomic E-state index is 11.1. The highest BCUT2D eigenvalue weighted by atomic mass is 32.2. The van der Waals surface area contributed by atoms with E-state index in [2.05, 4.69) is 25.5 Å². The van der Waals surface area contributed by atoms with Crippen LogP contribution in [0.15, 0.2) is 29.7 Å². The summed E-state index contributed by atoms with van der Waals surface area (Å²) >= 11 is 1.28. The van der Waals surface area contributed by atoms with Crippen LogP contribution in [0.25, 0.3) is 11.4 Å². The third kappa shape index (κ3) is 3.04. The Bertz CT molecular complexity index is 498. The molecule has 0 aliphatic rings. The number of pyridine rings is 1. The van der Waals surface area contributed by atoms with Crippen molar-refractivity contribution < 1.29 is 4.79 Å². The number of nitrogens with zero attached hydrogens (tertiary/aromatic N) is 3. The van der Waals surface area contributed by atoms with Crippen molar-refractivity contribution in [3.05, 3.63) is 24.5 Å². The number of rotatable bonds is 4. The Morgan fingerprint density at radius 1 is 1.59 bits per heavy atom. The molecule has 0 aromatic carbocycles. The number of hydrogen-bond donors (Lipinski definition) is 2. The molecule has 17 heavy (non-hydrogen) atoms. The minimum Gasteiger partial charge on any atom is -0.358 e. The van der Waals surface area contributed by atoms with Crippen LogP contribution in [0.5, 0.6) is 0 Å². The standard InChI is InChI=1S/C10H11N5OS/c1-11-8(16)6-17-10-13-9(14-15-10)7-3-2-4-12-5-7/h2-5H,6H2,1H3,(H,11,16)(H,13,14,15). The lowest BCUT2D eigenvalue weighted by molar-refractivity contribution is -0.118. The third-order valence-electron chi connectivity index (χ3n) is 2.01. The first-order valence-electron chi connectivity index (χ1n) is 4.96. The van der Waals surface area contributed by atoms with Crippen molar-refractivity contribution >= 4 is 17.7 Å². The van der Waals surface area contributed by atoms with E-state index in [4.69, 9.17) is 0 Å². The first kappa shape index (κ1) is 11.6. The Balaban J connectivity index is 2.04. The first-order valence-corrected chi connectivity index (χ1v) is 5.94. The summed E-state index contributed by atoms with van der Waals surface area (Å²) in [6.07, 6.45) is 3.40. The number of nitrogens with one attached hydrogen (secondary N) is 2. The van der Waals surface area contributed by atoms with E-state index in [9.17, 15) is 4.79 Å². The van der Waals surface area contributed by atoms with Gasteiger partial charge in [0.1, 0.15) is 0 Å². The lowest BCUT2D eigenvalue weighted by Crippen LogP contribution is -2.19. The van der Waals surface area contributed by atoms with Crippen molar-refractivity contribution in [2.75, 3.05) is 12.8 Å². The average molecular weight is 249 g/mol. The highest BCUT2D eigenvalue weighted by Gasteiger charge is 2.07. The Hall–Kier alpha value is -1.89. The second-order valence-corrected chi connectivity index (χ2v) is 4.11. The van der Waals surface area contributed by atoms with Crippen LogP contribution in [0.2, 0.25) is 0 Å². The van der Waals surface area contributed by atoms with Crippen molar-refractivity contribution in [1.29, 1.82) is 0 Å². The van der Waals surface area contributed by atoms with E-state index in [1.165, 1.54) is 11.8 Å². The van der Waals surface area contributed by atoms with Crippen LogP contribution in [0.4, 0.5) is 0 Å². The maximum atomic E-state index is 11.1. The molecule has 1 amide bonds. The van der Waals surface area contributed by atoms with Crippen molar-refractivity contribution in [2.24, 2.45) is 0 Å². The highest BCUT2D eigenvalue weighted by Crippen LogP contribution is 2.17. The molecular formula is C10H11N5OS. The highest BCUT2D eigenvalue weighted by molar-refractivity contribution is 7.99. The topological polar surface area (TPSA) is 83.6 Å². The normalized spacial score (nSPS) is 10.2. The van der Waals surface area contributed by atoms with E-state index >= 15 is 0 Å².